The second-order valence-corrected chi connectivity index (χ2v) is 4.86. The molecule has 1 atom stereocenters. The van der Waals surface area contributed by atoms with Gasteiger partial charge in [-0.05, 0) is 38.0 Å². The molecule has 94 valence electrons. The van der Waals surface area contributed by atoms with Gasteiger partial charge in [-0.1, -0.05) is 11.6 Å². The maximum atomic E-state index is 11.7. The molecule has 0 spiro atoms. The highest BCUT2D eigenvalue weighted by molar-refractivity contribution is 6.32. The van der Waals surface area contributed by atoms with Crippen molar-refractivity contribution < 1.29 is 4.79 Å². The van der Waals surface area contributed by atoms with Gasteiger partial charge in [0.15, 0.2) is 0 Å². The van der Waals surface area contributed by atoms with Crippen molar-refractivity contribution in [3.8, 4) is 6.07 Å². The van der Waals surface area contributed by atoms with Crippen molar-refractivity contribution >= 4 is 23.2 Å². The highest BCUT2D eigenvalue weighted by Crippen LogP contribution is 2.21. The molecule has 18 heavy (non-hydrogen) atoms. The van der Waals surface area contributed by atoms with Gasteiger partial charge in [-0.3, -0.25) is 4.79 Å². The Morgan fingerprint density at radius 2 is 2.28 bits per heavy atom. The number of hydrogen-bond acceptors (Lipinski definition) is 3. The number of benzene rings is 1. The van der Waals surface area contributed by atoms with Gasteiger partial charge in [0.2, 0.25) is 5.91 Å². The predicted octanol–water partition coefficient (Wildman–Crippen LogP) is 2.29. The first-order chi connectivity index (χ1) is 8.60. The third-order valence-electron chi connectivity index (χ3n) is 2.79. The maximum absolute atomic E-state index is 11.7. The average Bonchev–Trinajstić information content (AvgIpc) is 3.13. The molecule has 1 saturated carbocycles. The van der Waals surface area contributed by atoms with Gasteiger partial charge in [0, 0.05) is 11.7 Å². The van der Waals surface area contributed by atoms with Crippen LogP contribution in [-0.2, 0) is 4.79 Å². The fraction of sp³-hybridized carbons (Fsp3) is 0.385. The molecule has 5 heteroatoms. The standard InChI is InChI=1S/C13H14ClN3O/c1-8(13(18)17-10-4-5-10)16-11-3-2-9(7-15)12(14)6-11/h2-3,6,8,10,16H,4-5H2,1H3,(H,17,18). The number of hydrogen-bond donors (Lipinski definition) is 2. The first kappa shape index (κ1) is 12.7. The van der Waals surface area contributed by atoms with E-state index in [1.807, 2.05) is 6.07 Å². The van der Waals surface area contributed by atoms with E-state index in [9.17, 15) is 4.79 Å². The zero-order valence-electron chi connectivity index (χ0n) is 10.0. The Bertz CT molecular complexity index is 505. The molecule has 4 nitrogen and oxygen atoms in total. The lowest BCUT2D eigenvalue weighted by Gasteiger charge is -2.15. The van der Waals surface area contributed by atoms with E-state index in [-0.39, 0.29) is 11.9 Å². The highest BCUT2D eigenvalue weighted by atomic mass is 35.5. The van der Waals surface area contributed by atoms with Gasteiger partial charge in [-0.15, -0.1) is 0 Å². The number of halogens is 1. The number of anilines is 1. The second kappa shape index (κ2) is 5.28. The molecule has 1 fully saturated rings. The Kier molecular flexibility index (Phi) is 3.73. The number of carbonyl (C=O) groups is 1. The topological polar surface area (TPSA) is 64.9 Å². The van der Waals surface area contributed by atoms with Crippen LogP contribution in [0.5, 0.6) is 0 Å². The van der Waals surface area contributed by atoms with Crippen LogP contribution in [0.25, 0.3) is 0 Å². The lowest BCUT2D eigenvalue weighted by Crippen LogP contribution is -2.38. The Hall–Kier alpha value is -1.73. The molecular weight excluding hydrogens is 250 g/mol. The third kappa shape index (κ3) is 3.14. The van der Waals surface area contributed by atoms with Crippen molar-refractivity contribution in [3.05, 3.63) is 28.8 Å². The summed E-state index contributed by atoms with van der Waals surface area (Å²) in [6, 6.07) is 7.05. The van der Waals surface area contributed by atoms with Crippen LogP contribution in [0.1, 0.15) is 25.3 Å². The second-order valence-electron chi connectivity index (χ2n) is 4.46. The van der Waals surface area contributed by atoms with Gasteiger partial charge in [0.1, 0.15) is 12.1 Å². The summed E-state index contributed by atoms with van der Waals surface area (Å²) in [4.78, 5) is 11.7. The number of rotatable bonds is 4. The number of nitrogens with zero attached hydrogens (tertiary/aromatic N) is 1. The predicted molar refractivity (Wildman–Crippen MR) is 70.4 cm³/mol. The zero-order chi connectivity index (χ0) is 13.1. The molecule has 0 aromatic heterocycles. The summed E-state index contributed by atoms with van der Waals surface area (Å²) in [5.41, 5.74) is 1.16. The Labute approximate surface area is 111 Å². The van der Waals surface area contributed by atoms with Crippen LogP contribution in [0, 0.1) is 11.3 Å². The minimum absolute atomic E-state index is 0.0158. The van der Waals surface area contributed by atoms with Crippen LogP contribution in [0.4, 0.5) is 5.69 Å². The molecule has 1 aromatic carbocycles. The molecule has 0 bridgehead atoms. The van der Waals surface area contributed by atoms with Gasteiger partial charge in [0.25, 0.3) is 0 Å². The summed E-state index contributed by atoms with van der Waals surface area (Å²) in [6.45, 7) is 1.80. The molecule has 1 aliphatic carbocycles. The molecule has 0 saturated heterocycles. The van der Waals surface area contributed by atoms with Crippen LogP contribution in [0.15, 0.2) is 18.2 Å². The van der Waals surface area contributed by atoms with Gasteiger partial charge in [-0.25, -0.2) is 0 Å². The van der Waals surface area contributed by atoms with Crippen LogP contribution in [-0.4, -0.2) is 18.0 Å². The number of carbonyl (C=O) groups excluding carboxylic acids is 1. The van der Waals surface area contributed by atoms with Gasteiger partial charge >= 0.3 is 0 Å². The van der Waals surface area contributed by atoms with Gasteiger partial charge in [0.05, 0.1) is 10.6 Å². The maximum Gasteiger partial charge on any atom is 0.242 e. The van der Waals surface area contributed by atoms with E-state index in [1.165, 1.54) is 0 Å². The minimum Gasteiger partial charge on any atom is -0.374 e. The summed E-state index contributed by atoms with van der Waals surface area (Å²) >= 11 is 5.92. The molecule has 0 aliphatic heterocycles. The number of nitrogens with one attached hydrogen (secondary N) is 2. The van der Waals surface area contributed by atoms with Crippen molar-refractivity contribution in [2.24, 2.45) is 0 Å². The van der Waals surface area contributed by atoms with E-state index in [0.717, 1.165) is 18.5 Å². The Morgan fingerprint density at radius 3 is 2.83 bits per heavy atom. The molecule has 0 radical (unpaired) electrons. The van der Waals surface area contributed by atoms with Gasteiger partial charge in [-0.2, -0.15) is 5.26 Å². The SMILES string of the molecule is CC(Nc1ccc(C#N)c(Cl)c1)C(=O)NC1CC1. The lowest BCUT2D eigenvalue weighted by atomic mass is 10.2. The van der Waals surface area contributed by atoms with Crippen molar-refractivity contribution in [2.75, 3.05) is 5.32 Å². The van der Waals surface area contributed by atoms with E-state index >= 15 is 0 Å². The van der Waals surface area contributed by atoms with E-state index in [4.69, 9.17) is 16.9 Å². The normalized spacial score (nSPS) is 15.6. The van der Waals surface area contributed by atoms with Crippen molar-refractivity contribution in [3.63, 3.8) is 0 Å². The first-order valence-corrected chi connectivity index (χ1v) is 6.24. The summed E-state index contributed by atoms with van der Waals surface area (Å²) in [7, 11) is 0. The zero-order valence-corrected chi connectivity index (χ0v) is 10.8. The van der Waals surface area contributed by atoms with Crippen molar-refractivity contribution in [1.82, 2.24) is 5.32 Å². The quantitative estimate of drug-likeness (QED) is 0.876. The molecule has 0 heterocycles. The summed E-state index contributed by atoms with van der Waals surface area (Å²) in [5, 5.41) is 15.1. The molecule has 1 aliphatic rings. The highest BCUT2D eigenvalue weighted by Gasteiger charge is 2.25. The van der Waals surface area contributed by atoms with Gasteiger partial charge < -0.3 is 10.6 Å². The van der Waals surface area contributed by atoms with Crippen LogP contribution >= 0.6 is 11.6 Å². The van der Waals surface area contributed by atoms with Crippen molar-refractivity contribution in [1.29, 1.82) is 5.26 Å². The van der Waals surface area contributed by atoms with Crippen molar-refractivity contribution in [2.45, 2.75) is 31.8 Å². The fourth-order valence-electron chi connectivity index (χ4n) is 1.56. The first-order valence-electron chi connectivity index (χ1n) is 5.86. The Morgan fingerprint density at radius 1 is 1.56 bits per heavy atom. The largest absolute Gasteiger partial charge is 0.374 e. The summed E-state index contributed by atoms with van der Waals surface area (Å²) < 4.78 is 0. The van der Waals surface area contributed by atoms with E-state index in [1.54, 1.807) is 25.1 Å². The lowest BCUT2D eigenvalue weighted by molar-refractivity contribution is -0.121. The third-order valence-corrected chi connectivity index (χ3v) is 3.10. The average molecular weight is 264 g/mol. The molecule has 2 rings (SSSR count). The number of nitriles is 1. The summed E-state index contributed by atoms with van der Waals surface area (Å²) in [6.07, 6.45) is 2.14. The van der Waals surface area contributed by atoms with Crippen LogP contribution in [0.3, 0.4) is 0 Å². The van der Waals surface area contributed by atoms with Crippen LogP contribution < -0.4 is 10.6 Å². The number of amides is 1. The molecular formula is C13H14ClN3O. The van der Waals surface area contributed by atoms with E-state index < -0.39 is 0 Å². The van der Waals surface area contributed by atoms with E-state index in [2.05, 4.69) is 10.6 Å². The fourth-order valence-corrected chi connectivity index (χ4v) is 1.79. The summed E-state index contributed by atoms with van der Waals surface area (Å²) in [5.74, 6) is -0.0158. The smallest absolute Gasteiger partial charge is 0.242 e. The minimum atomic E-state index is -0.324. The Balaban J connectivity index is 1.97. The molecule has 1 unspecified atom stereocenters. The molecule has 1 aromatic rings. The van der Waals surface area contributed by atoms with E-state index in [0.29, 0.717) is 16.6 Å². The monoisotopic (exact) mass is 263 g/mol. The molecule has 1 amide bonds. The molecule has 2 N–H and O–H groups in total. The van der Waals surface area contributed by atoms with Crippen LogP contribution in [0.2, 0.25) is 5.02 Å².